The van der Waals surface area contributed by atoms with Gasteiger partial charge in [0.25, 0.3) is 0 Å². The predicted molar refractivity (Wildman–Crippen MR) is 72.7 cm³/mol. The van der Waals surface area contributed by atoms with Crippen LogP contribution in [0, 0.1) is 5.82 Å². The second-order valence-electron chi connectivity index (χ2n) is 5.06. The summed E-state index contributed by atoms with van der Waals surface area (Å²) < 4.78 is 18.4. The maximum absolute atomic E-state index is 13.5. The van der Waals surface area contributed by atoms with Gasteiger partial charge in [0.2, 0.25) is 0 Å². The average molecular weight is 254 g/mol. The Bertz CT molecular complexity index is 380. The summed E-state index contributed by atoms with van der Waals surface area (Å²) in [7, 11) is 3.40. The molecule has 0 unspecified atom stereocenters. The Hall–Kier alpha value is -1.13. The van der Waals surface area contributed by atoms with Crippen LogP contribution in [0.2, 0.25) is 0 Å². The van der Waals surface area contributed by atoms with Gasteiger partial charge in [-0.15, -0.1) is 0 Å². The summed E-state index contributed by atoms with van der Waals surface area (Å²) in [5.41, 5.74) is 1.01. The lowest BCUT2D eigenvalue weighted by Crippen LogP contribution is -2.47. The van der Waals surface area contributed by atoms with Crippen LogP contribution in [0.4, 0.5) is 4.39 Å². The molecule has 0 saturated heterocycles. The fourth-order valence-corrected chi connectivity index (χ4v) is 1.92. The molecule has 0 bridgehead atoms. The highest BCUT2D eigenvalue weighted by Gasteiger charge is 2.14. The van der Waals surface area contributed by atoms with Crippen molar-refractivity contribution in [2.75, 3.05) is 27.2 Å². The van der Waals surface area contributed by atoms with Gasteiger partial charge in [-0.2, -0.15) is 0 Å². The molecule has 0 aliphatic carbocycles. The first-order chi connectivity index (χ1) is 8.48. The minimum Gasteiger partial charge on any atom is -0.494 e. The maximum atomic E-state index is 13.5. The van der Waals surface area contributed by atoms with Gasteiger partial charge in [0, 0.05) is 12.1 Å². The molecule has 0 saturated carbocycles. The van der Waals surface area contributed by atoms with E-state index in [-0.39, 0.29) is 11.4 Å². The summed E-state index contributed by atoms with van der Waals surface area (Å²) in [5, 5.41) is 6.58. The standard InChI is InChI=1S/C14H23FN2O/c1-14(2,10-16-3)17-8-7-11-5-6-13(18-4)12(15)9-11/h5-6,9,16-17H,7-8,10H2,1-4H3. The normalized spacial score (nSPS) is 11.6. The Morgan fingerprint density at radius 3 is 2.61 bits per heavy atom. The minimum absolute atomic E-state index is 0.0414. The highest BCUT2D eigenvalue weighted by Crippen LogP contribution is 2.17. The number of hydrogen-bond acceptors (Lipinski definition) is 3. The van der Waals surface area contributed by atoms with E-state index in [2.05, 4.69) is 24.5 Å². The largest absolute Gasteiger partial charge is 0.494 e. The Morgan fingerprint density at radius 2 is 2.06 bits per heavy atom. The van der Waals surface area contributed by atoms with Crippen molar-refractivity contribution in [1.29, 1.82) is 0 Å². The molecule has 0 heterocycles. The van der Waals surface area contributed by atoms with Crippen LogP contribution in [0.3, 0.4) is 0 Å². The number of halogens is 1. The molecular formula is C14H23FN2O. The van der Waals surface area contributed by atoms with Gasteiger partial charge in [0.05, 0.1) is 7.11 Å². The molecule has 102 valence electrons. The Morgan fingerprint density at radius 1 is 1.33 bits per heavy atom. The van der Waals surface area contributed by atoms with E-state index in [1.165, 1.54) is 13.2 Å². The van der Waals surface area contributed by atoms with Gasteiger partial charge in [-0.05, 0) is 51.6 Å². The van der Waals surface area contributed by atoms with Crippen molar-refractivity contribution in [3.63, 3.8) is 0 Å². The molecular weight excluding hydrogens is 231 g/mol. The predicted octanol–water partition coefficient (Wildman–Crippen LogP) is 1.96. The van der Waals surface area contributed by atoms with Crippen molar-refractivity contribution in [3.8, 4) is 5.75 Å². The molecule has 0 aliphatic rings. The lowest BCUT2D eigenvalue weighted by atomic mass is 10.0. The van der Waals surface area contributed by atoms with Crippen molar-refractivity contribution in [2.24, 2.45) is 0 Å². The smallest absolute Gasteiger partial charge is 0.165 e. The summed E-state index contributed by atoms with van der Waals surface area (Å²) in [4.78, 5) is 0. The number of rotatable bonds is 7. The van der Waals surface area contributed by atoms with E-state index in [9.17, 15) is 4.39 Å². The Balaban J connectivity index is 2.47. The summed E-state index contributed by atoms with van der Waals surface area (Å²) >= 11 is 0. The lowest BCUT2D eigenvalue weighted by Gasteiger charge is -2.26. The van der Waals surface area contributed by atoms with E-state index in [4.69, 9.17) is 4.74 Å². The van der Waals surface area contributed by atoms with E-state index in [1.54, 1.807) is 6.07 Å². The molecule has 1 aromatic carbocycles. The first kappa shape index (κ1) is 14.9. The number of benzene rings is 1. The number of ether oxygens (including phenoxy) is 1. The summed E-state index contributed by atoms with van der Waals surface area (Å²) in [6.45, 7) is 5.99. The van der Waals surface area contributed by atoms with Crippen LogP contribution in [0.15, 0.2) is 18.2 Å². The molecule has 3 nitrogen and oxygen atoms in total. The van der Waals surface area contributed by atoms with Crippen LogP contribution in [0.25, 0.3) is 0 Å². The van der Waals surface area contributed by atoms with Crippen molar-refractivity contribution in [1.82, 2.24) is 10.6 Å². The van der Waals surface area contributed by atoms with Crippen molar-refractivity contribution >= 4 is 0 Å². The molecule has 1 rings (SSSR count). The topological polar surface area (TPSA) is 33.3 Å². The third-order valence-corrected chi connectivity index (χ3v) is 2.85. The fraction of sp³-hybridized carbons (Fsp3) is 0.571. The van der Waals surface area contributed by atoms with Gasteiger partial charge in [0.15, 0.2) is 11.6 Å². The number of hydrogen-bond donors (Lipinski definition) is 2. The Labute approximate surface area is 109 Å². The molecule has 0 atom stereocenters. The number of likely N-dealkylation sites (N-methyl/N-ethyl adjacent to an activating group) is 1. The van der Waals surface area contributed by atoms with Crippen LogP contribution >= 0.6 is 0 Å². The van der Waals surface area contributed by atoms with Crippen LogP contribution < -0.4 is 15.4 Å². The minimum atomic E-state index is -0.301. The average Bonchev–Trinajstić information content (AvgIpc) is 2.29. The third kappa shape index (κ3) is 4.63. The number of methoxy groups -OCH3 is 1. The van der Waals surface area contributed by atoms with Gasteiger partial charge < -0.3 is 15.4 Å². The van der Waals surface area contributed by atoms with E-state index in [1.807, 2.05) is 13.1 Å². The van der Waals surface area contributed by atoms with Gasteiger partial charge in [0.1, 0.15) is 0 Å². The lowest BCUT2D eigenvalue weighted by molar-refractivity contribution is 0.377. The Kier molecular flexibility index (Phi) is 5.56. The molecule has 0 aliphatic heterocycles. The first-order valence-corrected chi connectivity index (χ1v) is 6.20. The molecule has 1 aromatic rings. The van der Waals surface area contributed by atoms with Gasteiger partial charge in [-0.1, -0.05) is 6.07 Å². The second kappa shape index (κ2) is 6.71. The SMILES string of the molecule is CNCC(C)(C)NCCc1ccc(OC)c(F)c1. The van der Waals surface area contributed by atoms with Gasteiger partial charge in [-0.3, -0.25) is 0 Å². The third-order valence-electron chi connectivity index (χ3n) is 2.85. The van der Waals surface area contributed by atoms with Crippen molar-refractivity contribution < 1.29 is 9.13 Å². The first-order valence-electron chi connectivity index (χ1n) is 6.20. The molecule has 18 heavy (non-hydrogen) atoms. The zero-order valence-electron chi connectivity index (χ0n) is 11.6. The summed E-state index contributed by atoms with van der Waals surface area (Å²) in [5.74, 6) is -0.00768. The number of nitrogens with one attached hydrogen (secondary N) is 2. The van der Waals surface area contributed by atoms with Crippen molar-refractivity contribution in [3.05, 3.63) is 29.6 Å². The van der Waals surface area contributed by atoms with Crippen LogP contribution in [-0.4, -0.2) is 32.8 Å². The molecule has 4 heteroatoms. The molecule has 0 aromatic heterocycles. The fourth-order valence-electron chi connectivity index (χ4n) is 1.92. The molecule has 2 N–H and O–H groups in total. The quantitative estimate of drug-likeness (QED) is 0.780. The van der Waals surface area contributed by atoms with Gasteiger partial charge in [-0.25, -0.2) is 4.39 Å². The second-order valence-corrected chi connectivity index (χ2v) is 5.06. The van der Waals surface area contributed by atoms with Crippen LogP contribution in [-0.2, 0) is 6.42 Å². The van der Waals surface area contributed by atoms with E-state index >= 15 is 0 Å². The van der Waals surface area contributed by atoms with Crippen molar-refractivity contribution in [2.45, 2.75) is 25.8 Å². The van der Waals surface area contributed by atoms with E-state index in [0.29, 0.717) is 5.75 Å². The highest BCUT2D eigenvalue weighted by atomic mass is 19.1. The van der Waals surface area contributed by atoms with Crippen LogP contribution in [0.5, 0.6) is 5.75 Å². The zero-order valence-corrected chi connectivity index (χ0v) is 11.6. The molecule has 0 amide bonds. The van der Waals surface area contributed by atoms with E-state index < -0.39 is 0 Å². The monoisotopic (exact) mass is 254 g/mol. The zero-order chi connectivity index (χ0) is 13.6. The van der Waals surface area contributed by atoms with Gasteiger partial charge >= 0.3 is 0 Å². The highest BCUT2D eigenvalue weighted by molar-refractivity contribution is 5.29. The molecule has 0 radical (unpaired) electrons. The maximum Gasteiger partial charge on any atom is 0.165 e. The molecule has 0 fully saturated rings. The molecule has 0 spiro atoms. The summed E-state index contributed by atoms with van der Waals surface area (Å²) in [6.07, 6.45) is 0.800. The van der Waals surface area contributed by atoms with E-state index in [0.717, 1.165) is 25.1 Å². The summed E-state index contributed by atoms with van der Waals surface area (Å²) in [6, 6.07) is 5.10. The van der Waals surface area contributed by atoms with Crippen LogP contribution in [0.1, 0.15) is 19.4 Å².